The fraction of sp³-hybridized carbons (Fsp3) is 0.800. The van der Waals surface area contributed by atoms with Crippen molar-refractivity contribution < 1.29 is 0 Å². The quantitative estimate of drug-likeness (QED) is 0.621. The molecule has 1 rings (SSSR count). The van der Waals surface area contributed by atoms with Crippen molar-refractivity contribution in [3.05, 3.63) is 12.7 Å². The molecular weight excluding hydrogens is 148 g/mol. The van der Waals surface area contributed by atoms with Gasteiger partial charge < -0.3 is 5.32 Å². The summed E-state index contributed by atoms with van der Waals surface area (Å²) in [7, 11) is 2.03. The highest BCUT2D eigenvalue weighted by atomic mass is 15.2. The number of hydrogen-bond acceptors (Lipinski definition) is 2. The van der Waals surface area contributed by atoms with Gasteiger partial charge in [-0.3, -0.25) is 4.90 Å². The molecule has 0 aromatic carbocycles. The Bertz CT molecular complexity index is 134. The van der Waals surface area contributed by atoms with Gasteiger partial charge in [0.15, 0.2) is 0 Å². The minimum atomic E-state index is 0.773. The number of nitrogens with zero attached hydrogens (tertiary/aromatic N) is 1. The average Bonchev–Trinajstić information content (AvgIpc) is 2.50. The molecule has 1 heterocycles. The summed E-state index contributed by atoms with van der Waals surface area (Å²) in [5.41, 5.74) is 0. The summed E-state index contributed by atoms with van der Waals surface area (Å²) in [6.07, 6.45) is 5.86. The summed E-state index contributed by atoms with van der Waals surface area (Å²) in [5, 5.41) is 3.25. The molecule has 2 heteroatoms. The molecule has 1 fully saturated rings. The van der Waals surface area contributed by atoms with Gasteiger partial charge in [0.2, 0.25) is 0 Å². The summed E-state index contributed by atoms with van der Waals surface area (Å²) >= 11 is 0. The van der Waals surface area contributed by atoms with Crippen LogP contribution in [-0.2, 0) is 0 Å². The maximum atomic E-state index is 3.75. The summed E-state index contributed by atoms with van der Waals surface area (Å²) < 4.78 is 0. The molecule has 0 aromatic rings. The third kappa shape index (κ3) is 2.61. The van der Waals surface area contributed by atoms with Crippen molar-refractivity contribution in [2.75, 3.05) is 26.7 Å². The zero-order chi connectivity index (χ0) is 8.81. The molecule has 1 aliphatic rings. The van der Waals surface area contributed by atoms with E-state index in [0.29, 0.717) is 0 Å². The van der Waals surface area contributed by atoms with E-state index in [1.807, 2.05) is 13.1 Å². The number of nitrogens with one attached hydrogen (secondary N) is 1. The lowest BCUT2D eigenvalue weighted by Gasteiger charge is -2.23. The number of likely N-dealkylation sites (N-methyl/N-ethyl adjacent to an activating group) is 1. The highest BCUT2D eigenvalue weighted by Gasteiger charge is 2.22. The van der Waals surface area contributed by atoms with Crippen LogP contribution < -0.4 is 5.32 Å². The van der Waals surface area contributed by atoms with E-state index < -0.39 is 0 Å². The Balaban J connectivity index is 2.25. The largest absolute Gasteiger partial charge is 0.318 e. The average molecular weight is 168 g/mol. The first-order valence-corrected chi connectivity index (χ1v) is 4.88. The van der Waals surface area contributed by atoms with Crippen molar-refractivity contribution in [3.8, 4) is 0 Å². The first-order chi connectivity index (χ1) is 5.88. The van der Waals surface area contributed by atoms with Gasteiger partial charge in [-0.25, -0.2) is 0 Å². The Morgan fingerprint density at radius 2 is 2.50 bits per heavy atom. The van der Waals surface area contributed by atoms with Gasteiger partial charge in [-0.05, 0) is 32.9 Å². The second-order valence-corrected chi connectivity index (χ2v) is 3.47. The van der Waals surface area contributed by atoms with Crippen LogP contribution in [0.5, 0.6) is 0 Å². The fourth-order valence-corrected chi connectivity index (χ4v) is 1.91. The molecule has 0 amide bonds. The van der Waals surface area contributed by atoms with Crippen molar-refractivity contribution in [2.45, 2.75) is 25.3 Å². The molecule has 0 bridgehead atoms. The van der Waals surface area contributed by atoms with Crippen molar-refractivity contribution >= 4 is 0 Å². The van der Waals surface area contributed by atoms with E-state index in [0.717, 1.165) is 19.0 Å². The molecule has 1 saturated heterocycles. The van der Waals surface area contributed by atoms with Gasteiger partial charge in [0.25, 0.3) is 0 Å². The van der Waals surface area contributed by atoms with Crippen LogP contribution in [0.3, 0.4) is 0 Å². The standard InChI is InChI=1S/C10H20N2/c1-3-4-7-12-8-5-6-10(12)9-11-2/h3,10-11H,1,4-9H2,2H3. The van der Waals surface area contributed by atoms with Crippen LogP contribution in [0, 0.1) is 0 Å². The van der Waals surface area contributed by atoms with Gasteiger partial charge in [-0.2, -0.15) is 0 Å². The molecular formula is C10H20N2. The molecule has 1 atom stereocenters. The molecule has 1 aliphatic heterocycles. The lowest BCUT2D eigenvalue weighted by molar-refractivity contribution is 0.255. The summed E-state index contributed by atoms with van der Waals surface area (Å²) in [5.74, 6) is 0. The van der Waals surface area contributed by atoms with Crippen molar-refractivity contribution in [2.24, 2.45) is 0 Å². The Kier molecular flexibility index (Phi) is 4.33. The number of rotatable bonds is 5. The predicted molar refractivity (Wildman–Crippen MR) is 53.3 cm³/mol. The first kappa shape index (κ1) is 9.75. The highest BCUT2D eigenvalue weighted by molar-refractivity contribution is 4.82. The predicted octanol–water partition coefficient (Wildman–Crippen LogP) is 1.25. The van der Waals surface area contributed by atoms with Gasteiger partial charge >= 0.3 is 0 Å². The summed E-state index contributed by atoms with van der Waals surface area (Å²) in [6, 6.07) is 0.773. The van der Waals surface area contributed by atoms with E-state index in [9.17, 15) is 0 Å². The minimum absolute atomic E-state index is 0.773. The minimum Gasteiger partial charge on any atom is -0.318 e. The van der Waals surface area contributed by atoms with Gasteiger partial charge in [-0.15, -0.1) is 6.58 Å². The van der Waals surface area contributed by atoms with E-state index in [1.165, 1.54) is 25.9 Å². The zero-order valence-electron chi connectivity index (χ0n) is 8.05. The monoisotopic (exact) mass is 168 g/mol. The van der Waals surface area contributed by atoms with Gasteiger partial charge in [-0.1, -0.05) is 6.08 Å². The molecule has 2 nitrogen and oxygen atoms in total. The van der Waals surface area contributed by atoms with E-state index in [4.69, 9.17) is 0 Å². The topological polar surface area (TPSA) is 15.3 Å². The van der Waals surface area contributed by atoms with Crippen LogP contribution >= 0.6 is 0 Å². The maximum absolute atomic E-state index is 3.75. The Morgan fingerprint density at radius 1 is 1.67 bits per heavy atom. The molecule has 0 aliphatic carbocycles. The third-order valence-electron chi connectivity index (χ3n) is 2.56. The third-order valence-corrected chi connectivity index (χ3v) is 2.56. The van der Waals surface area contributed by atoms with Gasteiger partial charge in [0.1, 0.15) is 0 Å². The summed E-state index contributed by atoms with van der Waals surface area (Å²) in [4.78, 5) is 2.57. The van der Waals surface area contributed by atoms with Crippen LogP contribution in [0.15, 0.2) is 12.7 Å². The normalized spacial score (nSPS) is 24.6. The van der Waals surface area contributed by atoms with E-state index in [-0.39, 0.29) is 0 Å². The number of likely N-dealkylation sites (tertiary alicyclic amines) is 1. The molecule has 0 spiro atoms. The van der Waals surface area contributed by atoms with Crippen molar-refractivity contribution in [1.29, 1.82) is 0 Å². The second kappa shape index (κ2) is 5.33. The molecule has 12 heavy (non-hydrogen) atoms. The maximum Gasteiger partial charge on any atom is 0.0221 e. The molecule has 0 radical (unpaired) electrons. The van der Waals surface area contributed by atoms with E-state index in [1.54, 1.807) is 0 Å². The smallest absolute Gasteiger partial charge is 0.0221 e. The Morgan fingerprint density at radius 3 is 3.17 bits per heavy atom. The fourth-order valence-electron chi connectivity index (χ4n) is 1.91. The highest BCUT2D eigenvalue weighted by Crippen LogP contribution is 2.16. The van der Waals surface area contributed by atoms with Crippen LogP contribution in [0.1, 0.15) is 19.3 Å². The van der Waals surface area contributed by atoms with E-state index in [2.05, 4.69) is 16.8 Å². The second-order valence-electron chi connectivity index (χ2n) is 3.47. The van der Waals surface area contributed by atoms with Crippen molar-refractivity contribution in [3.63, 3.8) is 0 Å². The Labute approximate surface area is 75.6 Å². The van der Waals surface area contributed by atoms with Crippen LogP contribution in [-0.4, -0.2) is 37.6 Å². The molecule has 0 saturated carbocycles. The molecule has 0 aromatic heterocycles. The number of hydrogen-bond donors (Lipinski definition) is 1. The van der Waals surface area contributed by atoms with Crippen LogP contribution in [0.4, 0.5) is 0 Å². The lowest BCUT2D eigenvalue weighted by atomic mass is 10.2. The molecule has 1 unspecified atom stereocenters. The van der Waals surface area contributed by atoms with Gasteiger partial charge in [0.05, 0.1) is 0 Å². The van der Waals surface area contributed by atoms with E-state index >= 15 is 0 Å². The lowest BCUT2D eigenvalue weighted by Crippen LogP contribution is -2.37. The zero-order valence-corrected chi connectivity index (χ0v) is 8.05. The first-order valence-electron chi connectivity index (χ1n) is 4.88. The van der Waals surface area contributed by atoms with Gasteiger partial charge in [0, 0.05) is 19.1 Å². The van der Waals surface area contributed by atoms with Crippen LogP contribution in [0.25, 0.3) is 0 Å². The Hall–Kier alpha value is -0.340. The van der Waals surface area contributed by atoms with Crippen LogP contribution in [0.2, 0.25) is 0 Å². The summed E-state index contributed by atoms with van der Waals surface area (Å²) in [6.45, 7) is 7.35. The van der Waals surface area contributed by atoms with Crippen molar-refractivity contribution in [1.82, 2.24) is 10.2 Å². The SMILES string of the molecule is C=CCCN1CCCC1CNC. The molecule has 70 valence electrons. The molecule has 1 N–H and O–H groups in total.